The van der Waals surface area contributed by atoms with E-state index >= 15 is 0 Å². The van der Waals surface area contributed by atoms with Crippen LogP contribution in [-0.2, 0) is 12.8 Å². The molecule has 0 saturated carbocycles. The maximum atomic E-state index is 12.3. The number of nitrogens with one attached hydrogen (secondary N) is 4. The first-order chi connectivity index (χ1) is 18.5. The summed E-state index contributed by atoms with van der Waals surface area (Å²) in [6, 6.07) is 23.9. The number of fused-ring (bicyclic) bond motifs is 1. The Balaban J connectivity index is 1.18. The molecule has 0 aliphatic heterocycles. The van der Waals surface area contributed by atoms with Gasteiger partial charge in [0.1, 0.15) is 5.75 Å². The van der Waals surface area contributed by atoms with Crippen molar-refractivity contribution in [3.05, 3.63) is 106 Å². The van der Waals surface area contributed by atoms with Crippen molar-refractivity contribution in [3.63, 3.8) is 0 Å². The summed E-state index contributed by atoms with van der Waals surface area (Å²) >= 11 is 0. The fourth-order valence-electron chi connectivity index (χ4n) is 4.41. The van der Waals surface area contributed by atoms with Gasteiger partial charge >= 0.3 is 6.03 Å². The predicted molar refractivity (Wildman–Crippen MR) is 151 cm³/mol. The molecule has 8 nitrogen and oxygen atoms in total. The summed E-state index contributed by atoms with van der Waals surface area (Å²) in [7, 11) is 0. The van der Waals surface area contributed by atoms with Gasteiger partial charge in [-0.3, -0.25) is 4.79 Å². The van der Waals surface area contributed by atoms with E-state index in [0.717, 1.165) is 30.5 Å². The van der Waals surface area contributed by atoms with Gasteiger partial charge in [-0.05, 0) is 73.2 Å². The number of aromatic amines is 1. The highest BCUT2D eigenvalue weighted by Crippen LogP contribution is 2.28. The van der Waals surface area contributed by atoms with Crippen LogP contribution >= 0.6 is 0 Å². The SMILES string of the molecule is O=C(NCCCCc1ccccc1)Nc1cccc(CCNC[C@H](O)c2ccc(O)c3[nH]c(=O)ccc23)c1. The third-order valence-corrected chi connectivity index (χ3v) is 6.40. The van der Waals surface area contributed by atoms with Gasteiger partial charge in [-0.15, -0.1) is 0 Å². The summed E-state index contributed by atoms with van der Waals surface area (Å²) in [6.45, 7) is 1.56. The number of phenolic OH excluding ortho intramolecular Hbond substituents is 1. The number of carbonyl (C=O) groups is 1. The lowest BCUT2D eigenvalue weighted by atomic mass is 10.0. The highest BCUT2D eigenvalue weighted by molar-refractivity contribution is 5.89. The monoisotopic (exact) mass is 514 g/mol. The number of anilines is 1. The number of aliphatic hydroxyl groups is 1. The van der Waals surface area contributed by atoms with Crippen molar-refractivity contribution in [1.29, 1.82) is 0 Å². The molecule has 1 aromatic heterocycles. The largest absolute Gasteiger partial charge is 0.506 e. The molecule has 0 fully saturated rings. The molecule has 38 heavy (non-hydrogen) atoms. The summed E-state index contributed by atoms with van der Waals surface area (Å²) in [6.07, 6.45) is 2.84. The highest BCUT2D eigenvalue weighted by Gasteiger charge is 2.13. The Morgan fingerprint density at radius 1 is 0.868 bits per heavy atom. The molecular formula is C30H34N4O4. The van der Waals surface area contributed by atoms with E-state index in [0.29, 0.717) is 42.5 Å². The van der Waals surface area contributed by atoms with Gasteiger partial charge in [0.2, 0.25) is 5.56 Å². The smallest absolute Gasteiger partial charge is 0.319 e. The lowest BCUT2D eigenvalue weighted by Gasteiger charge is -2.15. The van der Waals surface area contributed by atoms with Crippen molar-refractivity contribution in [2.24, 2.45) is 0 Å². The van der Waals surface area contributed by atoms with Crippen LogP contribution in [0.1, 0.15) is 35.6 Å². The third-order valence-electron chi connectivity index (χ3n) is 6.40. The molecule has 0 spiro atoms. The van der Waals surface area contributed by atoms with E-state index in [-0.39, 0.29) is 17.3 Å². The van der Waals surface area contributed by atoms with Crippen LogP contribution < -0.4 is 21.5 Å². The summed E-state index contributed by atoms with van der Waals surface area (Å²) in [5.41, 5.74) is 3.72. The molecule has 1 heterocycles. The first-order valence-corrected chi connectivity index (χ1v) is 12.9. The van der Waals surface area contributed by atoms with E-state index in [1.807, 2.05) is 42.5 Å². The lowest BCUT2D eigenvalue weighted by molar-refractivity contribution is 0.176. The van der Waals surface area contributed by atoms with Gasteiger partial charge in [0.25, 0.3) is 0 Å². The van der Waals surface area contributed by atoms with E-state index in [4.69, 9.17) is 0 Å². The molecule has 0 radical (unpaired) electrons. The zero-order valence-corrected chi connectivity index (χ0v) is 21.2. The Morgan fingerprint density at radius 3 is 2.53 bits per heavy atom. The minimum atomic E-state index is -0.812. The van der Waals surface area contributed by atoms with Gasteiger partial charge in [-0.2, -0.15) is 0 Å². The van der Waals surface area contributed by atoms with Crippen LogP contribution in [0, 0.1) is 0 Å². The Morgan fingerprint density at radius 2 is 1.68 bits per heavy atom. The predicted octanol–water partition coefficient (Wildman–Crippen LogP) is 4.24. The number of H-pyrrole nitrogens is 1. The zero-order valence-electron chi connectivity index (χ0n) is 21.2. The molecule has 0 aliphatic rings. The molecule has 4 rings (SSSR count). The highest BCUT2D eigenvalue weighted by atomic mass is 16.3. The standard InChI is InChI=1S/C30H34N4O4/c35-26-14-12-24(25-13-15-28(37)34-29(25)26)27(36)20-31-18-16-22-10-6-11-23(19-22)33-30(38)32-17-5-4-9-21-7-2-1-3-8-21/h1-3,6-8,10-15,19,27,31,35-36H,4-5,9,16-18,20H2,(H,34,37)(H2,32,33,38)/t27-/m0/s1. The van der Waals surface area contributed by atoms with E-state index in [2.05, 4.69) is 33.1 Å². The number of urea groups is 1. The fourth-order valence-corrected chi connectivity index (χ4v) is 4.41. The van der Waals surface area contributed by atoms with Crippen LogP contribution in [-0.4, -0.2) is 40.9 Å². The second kappa shape index (κ2) is 13.4. The van der Waals surface area contributed by atoms with Crippen LogP contribution in [0.25, 0.3) is 10.9 Å². The van der Waals surface area contributed by atoms with Crippen molar-refractivity contribution >= 4 is 22.6 Å². The van der Waals surface area contributed by atoms with Crippen LogP contribution in [0.5, 0.6) is 5.75 Å². The average Bonchev–Trinajstić information content (AvgIpc) is 2.92. The number of rotatable bonds is 12. The molecule has 1 atom stereocenters. The van der Waals surface area contributed by atoms with Crippen LogP contribution in [0.2, 0.25) is 0 Å². The number of carbonyl (C=O) groups excluding carboxylic acids is 1. The van der Waals surface area contributed by atoms with Gasteiger partial charge < -0.3 is 31.1 Å². The number of aryl methyl sites for hydroxylation is 1. The van der Waals surface area contributed by atoms with E-state index < -0.39 is 6.10 Å². The van der Waals surface area contributed by atoms with E-state index in [9.17, 15) is 19.8 Å². The summed E-state index contributed by atoms with van der Waals surface area (Å²) < 4.78 is 0. The molecule has 8 heteroatoms. The van der Waals surface area contributed by atoms with Crippen molar-refractivity contribution < 1.29 is 15.0 Å². The first kappa shape index (κ1) is 26.9. The molecule has 0 unspecified atom stereocenters. The Kier molecular flexibility index (Phi) is 9.50. The number of unbranched alkanes of at least 4 members (excludes halogenated alkanes) is 1. The average molecular weight is 515 g/mol. The van der Waals surface area contributed by atoms with Gasteiger partial charge in [0.15, 0.2) is 0 Å². The zero-order chi connectivity index (χ0) is 26.7. The molecule has 198 valence electrons. The molecule has 6 N–H and O–H groups in total. The Labute approximate surface area is 221 Å². The van der Waals surface area contributed by atoms with Crippen molar-refractivity contribution in [2.45, 2.75) is 31.8 Å². The number of aromatic nitrogens is 1. The summed E-state index contributed by atoms with van der Waals surface area (Å²) in [5, 5.41) is 30.4. The molecule has 2 amide bonds. The number of phenols is 1. The van der Waals surface area contributed by atoms with E-state index in [1.165, 1.54) is 17.7 Å². The number of aliphatic hydroxyl groups excluding tert-OH is 1. The molecule has 3 aromatic carbocycles. The van der Waals surface area contributed by atoms with Gasteiger partial charge in [0, 0.05) is 30.2 Å². The van der Waals surface area contributed by atoms with Crippen LogP contribution in [0.4, 0.5) is 10.5 Å². The minimum Gasteiger partial charge on any atom is -0.506 e. The molecule has 0 saturated heterocycles. The van der Waals surface area contributed by atoms with Crippen molar-refractivity contribution in [1.82, 2.24) is 15.6 Å². The fraction of sp³-hybridized carbons (Fsp3) is 0.267. The number of aromatic hydroxyl groups is 1. The minimum absolute atomic E-state index is 0.0353. The number of pyridine rings is 1. The number of amides is 2. The van der Waals surface area contributed by atoms with Crippen LogP contribution in [0.3, 0.4) is 0 Å². The number of hydrogen-bond donors (Lipinski definition) is 6. The van der Waals surface area contributed by atoms with Crippen LogP contribution in [0.15, 0.2) is 83.7 Å². The maximum absolute atomic E-state index is 12.3. The van der Waals surface area contributed by atoms with Gasteiger partial charge in [-0.25, -0.2) is 4.79 Å². The number of benzene rings is 3. The molecule has 0 bridgehead atoms. The van der Waals surface area contributed by atoms with Gasteiger partial charge in [-0.1, -0.05) is 48.5 Å². The third kappa shape index (κ3) is 7.68. The topological polar surface area (TPSA) is 126 Å². The summed E-state index contributed by atoms with van der Waals surface area (Å²) in [4.78, 5) is 26.5. The van der Waals surface area contributed by atoms with E-state index in [1.54, 1.807) is 12.1 Å². The lowest BCUT2D eigenvalue weighted by Crippen LogP contribution is -2.29. The van der Waals surface area contributed by atoms with Crippen molar-refractivity contribution in [3.8, 4) is 5.75 Å². The second-order valence-electron chi connectivity index (χ2n) is 9.28. The number of hydrogen-bond acceptors (Lipinski definition) is 5. The normalized spacial score (nSPS) is 11.8. The molecular weight excluding hydrogens is 480 g/mol. The summed E-state index contributed by atoms with van der Waals surface area (Å²) in [5.74, 6) is -0.0353. The quantitative estimate of drug-likeness (QED) is 0.158. The molecule has 4 aromatic rings. The maximum Gasteiger partial charge on any atom is 0.319 e. The Bertz CT molecular complexity index is 1400. The first-order valence-electron chi connectivity index (χ1n) is 12.9. The second-order valence-corrected chi connectivity index (χ2v) is 9.28. The van der Waals surface area contributed by atoms with Crippen molar-refractivity contribution in [2.75, 3.05) is 25.0 Å². The molecule has 0 aliphatic carbocycles. The Hall–Kier alpha value is -4.14. The van der Waals surface area contributed by atoms with Gasteiger partial charge in [0.05, 0.1) is 11.6 Å².